The number of ether oxygens (including phenoxy) is 1. The fourth-order valence-corrected chi connectivity index (χ4v) is 2.93. The van der Waals surface area contributed by atoms with Gasteiger partial charge in [-0.25, -0.2) is 14.1 Å². The first-order valence-corrected chi connectivity index (χ1v) is 9.04. The summed E-state index contributed by atoms with van der Waals surface area (Å²) in [5.41, 5.74) is -1.91. The first-order chi connectivity index (χ1) is 12.2. The Kier molecular flexibility index (Phi) is 6.41. The molecule has 0 saturated heterocycles. The van der Waals surface area contributed by atoms with Crippen molar-refractivity contribution in [3.05, 3.63) is 48.0 Å². The second-order valence-corrected chi connectivity index (χ2v) is 6.70. The molecule has 0 fully saturated rings. The molecule has 0 amide bonds. The summed E-state index contributed by atoms with van der Waals surface area (Å²) >= 11 is 0. The summed E-state index contributed by atoms with van der Waals surface area (Å²) in [7, 11) is 3.77. The summed E-state index contributed by atoms with van der Waals surface area (Å²) in [5.74, 6) is -0.801. The van der Waals surface area contributed by atoms with E-state index in [0.29, 0.717) is 12.2 Å². The standard InChI is InChI=1S/C17H19BN2O5S/c1-2-8-17(18,23)20-13-9-11(16(21)22)10-14(26(19)24)15(13)25-12-6-4-3-5-7-12/h3-7,9-10,20,23H,2,8,19H2,1H3,(H,21,22). The number of carbonyl (C=O) groups is 1. The Labute approximate surface area is 155 Å². The van der Waals surface area contributed by atoms with Gasteiger partial charge in [-0.1, -0.05) is 31.5 Å². The van der Waals surface area contributed by atoms with E-state index in [2.05, 4.69) is 5.32 Å². The SMILES string of the molecule is [B]C(O)(CCC)Nc1cc(C(=O)O)cc(S(N)=O)c1Oc1ccccc1. The van der Waals surface area contributed by atoms with E-state index in [1.807, 2.05) is 6.92 Å². The quantitative estimate of drug-likeness (QED) is 0.415. The van der Waals surface area contributed by atoms with Crippen LogP contribution in [-0.4, -0.2) is 33.9 Å². The van der Waals surface area contributed by atoms with Crippen molar-refractivity contribution in [3.63, 3.8) is 0 Å². The van der Waals surface area contributed by atoms with Crippen molar-refractivity contribution < 1.29 is 24.0 Å². The molecule has 0 aromatic heterocycles. The fourth-order valence-electron chi connectivity index (χ4n) is 2.36. The average Bonchev–Trinajstić information content (AvgIpc) is 2.56. The lowest BCUT2D eigenvalue weighted by Gasteiger charge is -2.28. The first kappa shape index (κ1) is 20.0. The number of aromatic carboxylic acids is 1. The second-order valence-electron chi connectivity index (χ2n) is 5.67. The van der Waals surface area contributed by atoms with Crippen LogP contribution in [0.5, 0.6) is 11.5 Å². The summed E-state index contributed by atoms with van der Waals surface area (Å²) < 4.78 is 17.7. The van der Waals surface area contributed by atoms with Crippen LogP contribution in [0.1, 0.15) is 30.1 Å². The Hall–Kier alpha value is -2.36. The highest BCUT2D eigenvalue weighted by molar-refractivity contribution is 7.82. The van der Waals surface area contributed by atoms with E-state index in [9.17, 15) is 19.2 Å². The summed E-state index contributed by atoms with van der Waals surface area (Å²) in [4.78, 5) is 11.3. The first-order valence-electron chi connectivity index (χ1n) is 7.83. The Morgan fingerprint density at radius 1 is 1.35 bits per heavy atom. The molecule has 0 aliphatic rings. The molecule has 2 atom stereocenters. The zero-order valence-corrected chi connectivity index (χ0v) is 15.0. The Morgan fingerprint density at radius 3 is 2.54 bits per heavy atom. The van der Waals surface area contributed by atoms with Crippen LogP contribution in [0.15, 0.2) is 47.4 Å². The van der Waals surface area contributed by atoms with E-state index in [-0.39, 0.29) is 28.3 Å². The Morgan fingerprint density at radius 2 is 2.00 bits per heavy atom. The van der Waals surface area contributed by atoms with Gasteiger partial charge in [-0.15, -0.1) is 0 Å². The molecule has 0 aliphatic heterocycles. The zero-order valence-electron chi connectivity index (χ0n) is 14.1. The molecule has 2 rings (SSSR count). The van der Waals surface area contributed by atoms with Crippen LogP contribution in [0, 0.1) is 0 Å². The number of hydrogen-bond donors (Lipinski definition) is 4. The lowest BCUT2D eigenvalue weighted by Crippen LogP contribution is -2.38. The maximum Gasteiger partial charge on any atom is 0.335 e. The van der Waals surface area contributed by atoms with Crippen LogP contribution in [-0.2, 0) is 11.0 Å². The second kappa shape index (κ2) is 8.35. The van der Waals surface area contributed by atoms with Crippen LogP contribution in [0.2, 0.25) is 0 Å². The van der Waals surface area contributed by atoms with Gasteiger partial charge in [0.1, 0.15) is 24.6 Å². The predicted molar refractivity (Wildman–Crippen MR) is 99.7 cm³/mol. The number of carboxylic acids is 1. The molecule has 2 aromatic rings. The van der Waals surface area contributed by atoms with E-state index < -0.39 is 22.6 Å². The van der Waals surface area contributed by atoms with Crippen LogP contribution >= 0.6 is 0 Å². The van der Waals surface area contributed by atoms with E-state index in [1.54, 1.807) is 30.3 Å². The molecule has 136 valence electrons. The molecule has 0 spiro atoms. The molecule has 0 saturated carbocycles. The normalized spacial score (nSPS) is 14.3. The predicted octanol–water partition coefficient (Wildman–Crippen LogP) is 2.19. The largest absolute Gasteiger partial charge is 0.478 e. The molecule has 26 heavy (non-hydrogen) atoms. The Balaban J connectivity index is 2.60. The van der Waals surface area contributed by atoms with Crippen molar-refractivity contribution in [2.24, 2.45) is 5.14 Å². The highest BCUT2D eigenvalue weighted by Crippen LogP contribution is 2.37. The number of para-hydroxylation sites is 1. The molecule has 0 aliphatic carbocycles. The van der Waals surface area contributed by atoms with E-state index in [1.165, 1.54) is 6.07 Å². The molecule has 2 unspecified atom stereocenters. The zero-order chi connectivity index (χ0) is 19.3. The highest BCUT2D eigenvalue weighted by atomic mass is 32.2. The summed E-state index contributed by atoms with van der Waals surface area (Å²) in [6.45, 7) is 1.83. The fraction of sp³-hybridized carbons (Fsp3) is 0.235. The number of nitrogens with one attached hydrogen (secondary N) is 1. The van der Waals surface area contributed by atoms with Gasteiger partial charge < -0.3 is 20.3 Å². The topological polar surface area (TPSA) is 122 Å². The van der Waals surface area contributed by atoms with E-state index >= 15 is 0 Å². The summed E-state index contributed by atoms with van der Waals surface area (Å²) in [6.07, 6.45) is 0.763. The molecular formula is C17H19BN2O5S. The van der Waals surface area contributed by atoms with Gasteiger partial charge in [0.15, 0.2) is 5.75 Å². The molecule has 0 heterocycles. The van der Waals surface area contributed by atoms with Gasteiger partial charge in [0, 0.05) is 0 Å². The third-order valence-electron chi connectivity index (χ3n) is 3.46. The van der Waals surface area contributed by atoms with Gasteiger partial charge in [0.05, 0.1) is 21.8 Å². The molecule has 2 radical (unpaired) electrons. The van der Waals surface area contributed by atoms with Crippen molar-refractivity contribution in [1.82, 2.24) is 0 Å². The number of anilines is 1. The number of benzene rings is 2. The van der Waals surface area contributed by atoms with Gasteiger partial charge in [-0.05, 0) is 30.7 Å². The van der Waals surface area contributed by atoms with Crippen LogP contribution in [0.25, 0.3) is 0 Å². The van der Waals surface area contributed by atoms with Gasteiger partial charge in [0.2, 0.25) is 0 Å². The molecular weight excluding hydrogens is 355 g/mol. The lowest BCUT2D eigenvalue weighted by molar-refractivity contribution is 0.0696. The lowest BCUT2D eigenvalue weighted by atomic mass is 9.86. The summed E-state index contributed by atoms with van der Waals surface area (Å²) in [6, 6.07) is 11.0. The van der Waals surface area contributed by atoms with E-state index in [0.717, 1.165) is 6.07 Å². The average molecular weight is 374 g/mol. The van der Waals surface area contributed by atoms with Crippen molar-refractivity contribution in [1.29, 1.82) is 0 Å². The monoisotopic (exact) mass is 374 g/mol. The van der Waals surface area contributed by atoms with Crippen LogP contribution in [0.3, 0.4) is 0 Å². The van der Waals surface area contributed by atoms with Crippen molar-refractivity contribution in [2.75, 3.05) is 5.32 Å². The van der Waals surface area contributed by atoms with E-state index in [4.69, 9.17) is 17.7 Å². The minimum atomic E-state index is -2.03. The maximum atomic E-state index is 12.0. The minimum Gasteiger partial charge on any atom is -0.478 e. The highest BCUT2D eigenvalue weighted by Gasteiger charge is 2.25. The van der Waals surface area contributed by atoms with Crippen molar-refractivity contribution in [2.45, 2.75) is 30.3 Å². The van der Waals surface area contributed by atoms with Gasteiger partial charge in [-0.3, -0.25) is 0 Å². The molecule has 0 bridgehead atoms. The Bertz CT molecular complexity index is 814. The number of nitrogens with two attached hydrogens (primary N) is 1. The van der Waals surface area contributed by atoms with Gasteiger partial charge >= 0.3 is 5.97 Å². The minimum absolute atomic E-state index is 0.0296. The van der Waals surface area contributed by atoms with Crippen molar-refractivity contribution in [3.8, 4) is 11.5 Å². The van der Waals surface area contributed by atoms with Gasteiger partial charge in [0.25, 0.3) is 0 Å². The number of carboxylic acid groups (broad SMARTS) is 1. The number of hydrogen-bond acceptors (Lipinski definition) is 5. The van der Waals surface area contributed by atoms with Crippen molar-refractivity contribution >= 4 is 30.5 Å². The molecule has 7 nitrogen and oxygen atoms in total. The molecule has 5 N–H and O–H groups in total. The van der Waals surface area contributed by atoms with Gasteiger partial charge in [-0.2, -0.15) is 0 Å². The summed E-state index contributed by atoms with van der Waals surface area (Å²) in [5, 5.41) is 27.7. The molecule has 9 heteroatoms. The number of rotatable bonds is 8. The van der Waals surface area contributed by atoms with Crippen LogP contribution in [0.4, 0.5) is 5.69 Å². The molecule has 2 aromatic carbocycles. The third kappa shape index (κ3) is 5.07. The smallest absolute Gasteiger partial charge is 0.335 e. The van der Waals surface area contributed by atoms with Crippen LogP contribution < -0.4 is 15.2 Å². The number of aliphatic hydroxyl groups is 1. The maximum absolute atomic E-state index is 12.0. The third-order valence-corrected chi connectivity index (χ3v) is 4.20.